The van der Waals surface area contributed by atoms with E-state index in [9.17, 15) is 123 Å². The molecule has 0 saturated carbocycles. The Morgan fingerprint density at radius 1 is 0.730 bits per heavy atom. The molecule has 3 aliphatic heterocycles. The van der Waals surface area contributed by atoms with Gasteiger partial charge in [0.15, 0.2) is 5.71 Å². The highest BCUT2D eigenvalue weighted by Crippen LogP contribution is 2.75. The summed E-state index contributed by atoms with van der Waals surface area (Å²) in [4.78, 5) is 88.5. The largest absolute Gasteiger partial charge is 0.744 e. The van der Waals surface area contributed by atoms with Crippen molar-refractivity contribution in [3.05, 3.63) is 94.2 Å². The number of aliphatic hydroxyl groups excluding tert-OH is 1. The summed E-state index contributed by atoms with van der Waals surface area (Å²) in [5.41, 5.74) is 5.11. The van der Waals surface area contributed by atoms with E-state index in [1.54, 1.807) is 48.5 Å². The Labute approximate surface area is 572 Å². The van der Waals surface area contributed by atoms with Gasteiger partial charge in [0, 0.05) is 73.1 Å². The van der Waals surface area contributed by atoms with Gasteiger partial charge in [-0.15, -0.1) is 0 Å². The summed E-state index contributed by atoms with van der Waals surface area (Å²) in [6.45, 7) is 3.60. The van der Waals surface area contributed by atoms with Crippen molar-refractivity contribution in [2.24, 2.45) is 0 Å². The molecule has 1 aromatic heterocycles. The number of nitrogen functional groups attached to an aromatic ring is 1. The molecule has 3 aliphatic rings. The Morgan fingerprint density at radius 3 is 1.87 bits per heavy atom. The van der Waals surface area contributed by atoms with Crippen molar-refractivity contribution in [3.8, 4) is 0 Å². The number of hydrogen-bond acceptors (Lipinski definition) is 29. The summed E-state index contributed by atoms with van der Waals surface area (Å²) in [7, 11) is -56.1. The number of nitrogens with one attached hydrogen (secondary N) is 1. The molecule has 1 saturated heterocycles. The fourth-order valence-corrected chi connectivity index (χ4v) is 20.7. The molecule has 13 N–H and O–H groups in total. The second-order valence-corrected chi connectivity index (χ2v) is 38.6. The molecule has 2 aromatic carbocycles. The number of phosphoric ester groups is 2. The number of nitrogens with two attached hydrogens (primary N) is 1. The number of hydrogen-bond donors (Lipinski definition) is 12. The average molecular weight is 1620 g/mol. The topological polar surface area (TPSA) is 634 Å². The molecule has 3 aromatic rings. The lowest BCUT2D eigenvalue weighted by Gasteiger charge is -2.30. The quantitative estimate of drug-likeness (QED) is 0.0157. The summed E-state index contributed by atoms with van der Waals surface area (Å²) in [5.74, 6) is -1.84. The smallest absolute Gasteiger partial charge is 0.490 e. The molecule has 7 unspecified atom stereocenters. The Hall–Kier alpha value is -4.04. The van der Waals surface area contributed by atoms with Gasteiger partial charge in [-0.2, -0.15) is 56.4 Å². The van der Waals surface area contributed by atoms with E-state index in [0.29, 0.717) is 66.0 Å². The zero-order valence-electron chi connectivity index (χ0n) is 52.9. The molecule has 1 amide bonds. The molecule has 0 spiro atoms. The molecule has 4 heterocycles. The number of nitrogens with zero attached hydrogens (tertiary/aromatic N) is 4. The third kappa shape index (κ3) is 25.1. The first kappa shape index (κ1) is 84.9. The minimum absolute atomic E-state index is 0.0289. The van der Waals surface area contributed by atoms with E-state index in [2.05, 4.69) is 40.9 Å². The molecular formula is C49H74N6O35P6S4. The van der Waals surface area contributed by atoms with Gasteiger partial charge >= 0.3 is 52.6 Å². The molecule has 0 bridgehead atoms. The highest BCUT2D eigenvalue weighted by atomic mass is 32.2. The van der Waals surface area contributed by atoms with Gasteiger partial charge in [-0.1, -0.05) is 31.8 Å². The molecule has 41 nitrogen and oxygen atoms in total. The molecular weight excluding hydrogens is 1550 g/mol. The summed E-state index contributed by atoms with van der Waals surface area (Å²) < 4.78 is 248. The monoisotopic (exact) mass is 1620 g/mol. The van der Waals surface area contributed by atoms with Crippen molar-refractivity contribution in [3.63, 3.8) is 0 Å². The summed E-state index contributed by atoms with van der Waals surface area (Å²) in [5, 5.41) is 13.0. The first-order valence-electron chi connectivity index (χ1n) is 29.4. The zero-order valence-corrected chi connectivity index (χ0v) is 61.5. The molecule has 51 heteroatoms. The van der Waals surface area contributed by atoms with E-state index < -0.39 is 157 Å². The number of anilines is 2. The van der Waals surface area contributed by atoms with Crippen LogP contribution in [0, 0.1) is 0 Å². The van der Waals surface area contributed by atoms with Gasteiger partial charge in [-0.3, -0.25) is 32.1 Å². The molecule has 6 rings (SSSR count). The standard InChI is InChI=1S/C49H74N6O35P6S4/c1-48(2)36-19-17-35(100(80,81)82)31-39(36)54(25-13-29-98(74,75)76)42(48)14-11-15-43-49(3,37-30-34(99(77,78)79)18-20-38(37)53(43)24-12-28-97(71,72)73)22-8-6-7-16-45(57)51-23-9-4-5-10-27-83-91(59,60)86-93(63,64)88-95(67,68)90-96(69,70)89-94(65,66)87-92(61,62)84-33-41-40(56)32-46(85-41)55-26-21-44(50)52-47(55)58/h11,14-15,17-21,26,30-31,40-41,46,56H,4-10,12-13,16,22-25,27-29,32-33H2,1-3H3,(H12-,50,51,52,57,58,59,60,61,62,63,64,65,66,67,68,69,70,71,72,73,74,75,76,77,78,79,80,81,82)/t40-,41+,46+,49?/m0/s1. The van der Waals surface area contributed by atoms with Crippen LogP contribution in [0.2, 0.25) is 0 Å². The molecule has 10 atom stereocenters. The summed E-state index contributed by atoms with van der Waals surface area (Å²) >= 11 is 0. The predicted octanol–water partition coefficient (Wildman–Crippen LogP) is 4.82. The van der Waals surface area contributed by atoms with Crippen molar-refractivity contribution in [1.29, 1.82) is 0 Å². The van der Waals surface area contributed by atoms with Crippen LogP contribution in [0.1, 0.15) is 115 Å². The number of aromatic nitrogens is 2. The van der Waals surface area contributed by atoms with Gasteiger partial charge in [0.05, 0.1) is 41.1 Å². The Balaban J connectivity index is 0.975. The van der Waals surface area contributed by atoms with Crippen LogP contribution < -0.4 is 21.6 Å². The van der Waals surface area contributed by atoms with Crippen LogP contribution in [-0.4, -0.2) is 169 Å². The van der Waals surface area contributed by atoms with E-state index in [1.807, 2.05) is 0 Å². The second-order valence-electron chi connectivity index (χ2n) is 23.3. The van der Waals surface area contributed by atoms with Crippen LogP contribution in [0.15, 0.2) is 87.2 Å². The van der Waals surface area contributed by atoms with Gasteiger partial charge in [0.25, 0.3) is 30.4 Å². The maximum Gasteiger partial charge on any atom is 0.490 e. The van der Waals surface area contributed by atoms with E-state index in [-0.39, 0.29) is 76.3 Å². The second kappa shape index (κ2) is 33.2. The van der Waals surface area contributed by atoms with Crippen molar-refractivity contribution >= 4 is 116 Å². The highest BCUT2D eigenvalue weighted by molar-refractivity contribution is 7.86. The minimum Gasteiger partial charge on any atom is -0.744 e. The normalized spacial score (nSPS) is 22.9. The van der Waals surface area contributed by atoms with Crippen LogP contribution in [0.3, 0.4) is 0 Å². The number of carbonyl (C=O) groups excluding carboxylic acids is 1. The number of benzene rings is 2. The van der Waals surface area contributed by atoms with Crippen molar-refractivity contribution in [2.45, 2.75) is 137 Å². The maximum atomic E-state index is 12.9. The Kier molecular flexibility index (Phi) is 28.2. The van der Waals surface area contributed by atoms with E-state index in [0.717, 1.165) is 16.8 Å². The third-order valence-corrected chi connectivity index (χ3v) is 27.8. The molecule has 0 radical (unpaired) electrons. The predicted molar refractivity (Wildman–Crippen MR) is 346 cm³/mol. The average Bonchev–Trinajstić information content (AvgIpc) is 1.58. The SMILES string of the molecule is CC1(C)C(C=CC=C2N(CCCS(=O)(=O)O)c3ccc(S(=O)(=O)[O-])cc3C2(C)CCCCCC(=O)NCCCCCCOP(=O)(O)OP(=O)(O)OP(=O)(O)OP(=O)(O)OP(=O)(O)OP(=O)(O)OC[C@H]2O[C@@H](n3ccc(N)nc3=O)C[C@@H]2O)=[N+](CCCS(=O)(=O)O)c2cc(S(=O)(=O)O)ccc21. The Morgan fingerprint density at radius 2 is 1.29 bits per heavy atom. The number of allylic oxidation sites excluding steroid dienone is 4. The molecule has 1 fully saturated rings. The number of aliphatic hydroxyl groups is 1. The lowest BCUT2D eigenvalue weighted by atomic mass is 9.77. The van der Waals surface area contributed by atoms with Gasteiger partial charge in [-0.05, 0) is 101 Å². The summed E-state index contributed by atoms with van der Waals surface area (Å²) in [6.07, 6.45) is 3.51. The lowest BCUT2D eigenvalue weighted by Crippen LogP contribution is -2.30. The van der Waals surface area contributed by atoms with Crippen LogP contribution in [0.25, 0.3) is 0 Å². The van der Waals surface area contributed by atoms with E-state index >= 15 is 0 Å². The lowest BCUT2D eigenvalue weighted by molar-refractivity contribution is -0.437. The number of unbranched alkanes of at least 4 members (excludes halogenated alkanes) is 5. The molecule has 100 heavy (non-hydrogen) atoms. The van der Waals surface area contributed by atoms with Crippen LogP contribution in [0.5, 0.6) is 0 Å². The zero-order chi connectivity index (χ0) is 75.1. The summed E-state index contributed by atoms with van der Waals surface area (Å²) in [6, 6.07) is 8.83. The number of ether oxygens (including phenoxy) is 1. The number of rotatable bonds is 40. The van der Waals surface area contributed by atoms with Crippen molar-refractivity contribution in [2.75, 3.05) is 55.0 Å². The fourth-order valence-electron chi connectivity index (χ4n) is 10.9. The number of amides is 1. The van der Waals surface area contributed by atoms with Crippen LogP contribution in [0.4, 0.5) is 17.2 Å². The van der Waals surface area contributed by atoms with Gasteiger partial charge in [0.1, 0.15) is 39.7 Å². The number of phosphoric acid groups is 6. The first-order valence-corrected chi connectivity index (χ1v) is 44.5. The van der Waals surface area contributed by atoms with Crippen molar-refractivity contribution in [1.82, 2.24) is 14.9 Å². The first-order chi connectivity index (χ1) is 45.7. The molecule has 0 aliphatic carbocycles. The third-order valence-electron chi connectivity index (χ3n) is 15.3. The number of carbonyl (C=O) groups is 1. The maximum absolute atomic E-state index is 12.9. The van der Waals surface area contributed by atoms with Gasteiger partial charge in [-0.25, -0.2) is 40.6 Å². The fraction of sp³-hybridized carbons (Fsp3) is 0.551. The van der Waals surface area contributed by atoms with E-state index in [4.69, 9.17) is 10.5 Å². The van der Waals surface area contributed by atoms with E-state index in [1.165, 1.54) is 36.4 Å². The number of fused-ring (bicyclic) bond motifs is 2. The highest BCUT2D eigenvalue weighted by Gasteiger charge is 2.51. The van der Waals surface area contributed by atoms with Crippen LogP contribution in [-0.2, 0) is 119 Å². The molecule has 564 valence electrons. The van der Waals surface area contributed by atoms with Crippen LogP contribution >= 0.6 is 46.9 Å². The van der Waals surface area contributed by atoms with Crippen molar-refractivity contribution < 1.29 is 158 Å². The van der Waals surface area contributed by atoms with Gasteiger partial charge in [0.2, 0.25) is 11.6 Å². The Bertz CT molecular complexity index is 4500. The van der Waals surface area contributed by atoms with Gasteiger partial charge < -0.3 is 59.7 Å². The minimum atomic E-state index is -6.57.